The lowest BCUT2D eigenvalue weighted by molar-refractivity contribution is -0.125. The minimum Gasteiger partial charge on any atom is -0.323 e. The van der Waals surface area contributed by atoms with Gasteiger partial charge in [0.15, 0.2) is 0 Å². The van der Waals surface area contributed by atoms with E-state index in [1.807, 2.05) is 6.92 Å². The molecule has 2 unspecified atom stereocenters. The van der Waals surface area contributed by atoms with E-state index in [-0.39, 0.29) is 23.3 Å². The average Bonchev–Trinajstić information content (AvgIpc) is 3.04. The van der Waals surface area contributed by atoms with Gasteiger partial charge in [0.25, 0.3) is 5.91 Å². The number of rotatable bonds is 4. The molecule has 1 aromatic rings. The molecule has 1 saturated heterocycles. The molecule has 3 N–H and O–H groups in total. The molecule has 9 heteroatoms. The van der Waals surface area contributed by atoms with Crippen molar-refractivity contribution < 1.29 is 18.0 Å². The highest BCUT2D eigenvalue weighted by Crippen LogP contribution is 2.37. The SMILES string of the molecule is Cc1cc(S(=O)(=O)NCC2CCCC23NC(=O)NC3=O)ccc1Br. The molecular weight excluding hydrogens is 398 g/mol. The first-order chi connectivity index (χ1) is 11.2. The smallest absolute Gasteiger partial charge is 0.322 e. The zero-order valence-electron chi connectivity index (χ0n) is 13.1. The summed E-state index contributed by atoms with van der Waals surface area (Å²) in [4.78, 5) is 23.8. The number of halogens is 1. The van der Waals surface area contributed by atoms with Crippen molar-refractivity contribution in [2.24, 2.45) is 5.92 Å². The number of urea groups is 1. The fourth-order valence-electron chi connectivity index (χ4n) is 3.40. The van der Waals surface area contributed by atoms with Crippen LogP contribution in [0.2, 0.25) is 0 Å². The van der Waals surface area contributed by atoms with Crippen LogP contribution < -0.4 is 15.4 Å². The Bertz CT molecular complexity index is 811. The second kappa shape index (κ2) is 6.12. The van der Waals surface area contributed by atoms with Crippen molar-refractivity contribution in [1.82, 2.24) is 15.4 Å². The maximum Gasteiger partial charge on any atom is 0.322 e. The molecule has 1 heterocycles. The molecule has 24 heavy (non-hydrogen) atoms. The average molecular weight is 416 g/mol. The molecule has 2 aliphatic rings. The molecule has 0 aromatic heterocycles. The van der Waals surface area contributed by atoms with Crippen molar-refractivity contribution >= 4 is 37.9 Å². The summed E-state index contributed by atoms with van der Waals surface area (Å²) in [7, 11) is -3.68. The summed E-state index contributed by atoms with van der Waals surface area (Å²) in [5.41, 5.74) is -0.174. The number of carbonyl (C=O) groups excluding carboxylic acids is 2. The monoisotopic (exact) mass is 415 g/mol. The molecule has 1 spiro atoms. The van der Waals surface area contributed by atoms with E-state index < -0.39 is 21.6 Å². The Hall–Kier alpha value is -1.45. The van der Waals surface area contributed by atoms with Crippen molar-refractivity contribution in [3.8, 4) is 0 Å². The highest BCUT2D eigenvalue weighted by atomic mass is 79.9. The Labute approximate surface area is 148 Å². The summed E-state index contributed by atoms with van der Waals surface area (Å²) >= 11 is 3.34. The summed E-state index contributed by atoms with van der Waals surface area (Å²) in [6, 6.07) is 4.28. The van der Waals surface area contributed by atoms with Crippen LogP contribution in [0.3, 0.4) is 0 Å². The minimum absolute atomic E-state index is 0.102. The molecule has 1 aromatic carbocycles. The predicted octanol–water partition coefficient (Wildman–Crippen LogP) is 1.41. The number of benzene rings is 1. The zero-order chi connectivity index (χ0) is 17.5. The molecule has 7 nitrogen and oxygen atoms in total. The first kappa shape index (κ1) is 17.4. The van der Waals surface area contributed by atoms with E-state index in [9.17, 15) is 18.0 Å². The van der Waals surface area contributed by atoms with Crippen LogP contribution in [0, 0.1) is 12.8 Å². The van der Waals surface area contributed by atoms with Gasteiger partial charge in [-0.05, 0) is 43.5 Å². The Balaban J connectivity index is 1.76. The summed E-state index contributed by atoms with van der Waals surface area (Å²) in [5.74, 6) is -0.635. The highest BCUT2D eigenvalue weighted by molar-refractivity contribution is 9.10. The van der Waals surface area contributed by atoms with Gasteiger partial charge in [0.05, 0.1) is 4.90 Å². The van der Waals surface area contributed by atoms with Crippen LogP contribution in [-0.4, -0.2) is 32.4 Å². The van der Waals surface area contributed by atoms with Crippen molar-refractivity contribution in [2.45, 2.75) is 36.6 Å². The van der Waals surface area contributed by atoms with Crippen LogP contribution in [0.15, 0.2) is 27.6 Å². The summed E-state index contributed by atoms with van der Waals surface area (Å²) in [6.45, 7) is 1.92. The lowest BCUT2D eigenvalue weighted by Gasteiger charge is -2.28. The quantitative estimate of drug-likeness (QED) is 0.646. The van der Waals surface area contributed by atoms with E-state index >= 15 is 0 Å². The Morgan fingerprint density at radius 3 is 2.75 bits per heavy atom. The maximum atomic E-state index is 12.5. The van der Waals surface area contributed by atoms with Gasteiger partial charge in [-0.1, -0.05) is 22.4 Å². The first-order valence-electron chi connectivity index (χ1n) is 7.64. The number of sulfonamides is 1. The van der Waals surface area contributed by atoms with Crippen LogP contribution in [0.4, 0.5) is 4.79 Å². The number of carbonyl (C=O) groups is 2. The summed E-state index contributed by atoms with van der Waals surface area (Å²) in [6.07, 6.45) is 1.96. The number of nitrogens with one attached hydrogen (secondary N) is 3. The lowest BCUT2D eigenvalue weighted by atomic mass is 9.87. The summed E-state index contributed by atoms with van der Waals surface area (Å²) in [5, 5.41) is 4.93. The lowest BCUT2D eigenvalue weighted by Crippen LogP contribution is -2.53. The second-order valence-corrected chi connectivity index (χ2v) is 8.85. The highest BCUT2D eigenvalue weighted by Gasteiger charge is 2.54. The van der Waals surface area contributed by atoms with Crippen LogP contribution >= 0.6 is 15.9 Å². The zero-order valence-corrected chi connectivity index (χ0v) is 15.5. The molecule has 130 valence electrons. The van der Waals surface area contributed by atoms with Gasteiger partial charge in [-0.3, -0.25) is 10.1 Å². The van der Waals surface area contributed by atoms with Crippen molar-refractivity contribution in [3.05, 3.63) is 28.2 Å². The topological polar surface area (TPSA) is 104 Å². The Morgan fingerprint density at radius 1 is 1.38 bits per heavy atom. The van der Waals surface area contributed by atoms with Gasteiger partial charge in [-0.15, -0.1) is 0 Å². The largest absolute Gasteiger partial charge is 0.323 e. The third-order valence-electron chi connectivity index (χ3n) is 4.75. The number of hydrogen-bond donors (Lipinski definition) is 3. The predicted molar refractivity (Wildman–Crippen MR) is 90.8 cm³/mol. The Kier molecular flexibility index (Phi) is 4.43. The van der Waals surface area contributed by atoms with E-state index in [0.29, 0.717) is 12.8 Å². The molecule has 2 fully saturated rings. The second-order valence-electron chi connectivity index (χ2n) is 6.23. The van der Waals surface area contributed by atoms with Crippen molar-refractivity contribution in [1.29, 1.82) is 0 Å². The van der Waals surface area contributed by atoms with Crippen LogP contribution in [0.25, 0.3) is 0 Å². The first-order valence-corrected chi connectivity index (χ1v) is 9.92. The number of imide groups is 1. The van der Waals surface area contributed by atoms with Gasteiger partial charge < -0.3 is 5.32 Å². The standard InChI is InChI=1S/C15H18BrN3O4S/c1-9-7-11(4-5-12(9)16)24(22,23)17-8-10-3-2-6-15(10)13(20)18-14(21)19-15/h4-5,7,10,17H,2-3,6,8H2,1H3,(H2,18,19,20,21). The van der Waals surface area contributed by atoms with Crippen LogP contribution in [0.1, 0.15) is 24.8 Å². The molecule has 2 atom stereocenters. The van der Waals surface area contributed by atoms with Gasteiger partial charge in [0.2, 0.25) is 10.0 Å². The molecule has 0 bridgehead atoms. The fourth-order valence-corrected chi connectivity index (χ4v) is 4.81. The van der Waals surface area contributed by atoms with Gasteiger partial charge in [0, 0.05) is 16.9 Å². The maximum absolute atomic E-state index is 12.5. The normalized spacial score (nSPS) is 26.7. The van der Waals surface area contributed by atoms with Crippen LogP contribution in [0.5, 0.6) is 0 Å². The molecule has 1 saturated carbocycles. The molecule has 1 aliphatic heterocycles. The van der Waals surface area contributed by atoms with Crippen molar-refractivity contribution in [2.75, 3.05) is 6.54 Å². The number of hydrogen-bond acceptors (Lipinski definition) is 4. The van der Waals surface area contributed by atoms with Crippen molar-refractivity contribution in [3.63, 3.8) is 0 Å². The van der Waals surface area contributed by atoms with Gasteiger partial charge in [-0.2, -0.15) is 0 Å². The molecule has 3 rings (SSSR count). The molecule has 3 amide bonds. The molecule has 1 aliphatic carbocycles. The molecule has 0 radical (unpaired) electrons. The summed E-state index contributed by atoms with van der Waals surface area (Å²) < 4.78 is 28.4. The van der Waals surface area contributed by atoms with Gasteiger partial charge in [-0.25, -0.2) is 17.9 Å². The van der Waals surface area contributed by atoms with E-state index in [4.69, 9.17) is 0 Å². The van der Waals surface area contributed by atoms with E-state index in [1.165, 1.54) is 6.07 Å². The van der Waals surface area contributed by atoms with E-state index in [2.05, 4.69) is 31.3 Å². The van der Waals surface area contributed by atoms with E-state index in [0.717, 1.165) is 16.5 Å². The van der Waals surface area contributed by atoms with Crippen LogP contribution in [-0.2, 0) is 14.8 Å². The number of amides is 3. The minimum atomic E-state index is -3.68. The molecular formula is C15H18BrN3O4S. The van der Waals surface area contributed by atoms with E-state index in [1.54, 1.807) is 12.1 Å². The number of aryl methyl sites for hydroxylation is 1. The van der Waals surface area contributed by atoms with Gasteiger partial charge >= 0.3 is 6.03 Å². The van der Waals surface area contributed by atoms with Gasteiger partial charge in [0.1, 0.15) is 5.54 Å². The Morgan fingerprint density at radius 2 is 2.12 bits per heavy atom. The third kappa shape index (κ3) is 2.96. The third-order valence-corrected chi connectivity index (χ3v) is 7.06. The fraction of sp³-hybridized carbons (Fsp3) is 0.467.